The van der Waals surface area contributed by atoms with Gasteiger partial charge in [-0.25, -0.2) is 9.78 Å². The Labute approximate surface area is 104 Å². The molecule has 1 fully saturated rings. The minimum absolute atomic E-state index is 0.140. The van der Waals surface area contributed by atoms with Crippen LogP contribution in [0.15, 0.2) is 18.3 Å². The maximum atomic E-state index is 11.2. The van der Waals surface area contributed by atoms with Gasteiger partial charge >= 0.3 is 5.97 Å². The monoisotopic (exact) mass is 245 g/mol. The minimum atomic E-state index is -0.973. The third-order valence-corrected chi connectivity index (χ3v) is 3.27. The van der Waals surface area contributed by atoms with E-state index in [9.17, 15) is 9.90 Å². The first-order chi connectivity index (χ1) is 8.66. The Morgan fingerprint density at radius 1 is 1.61 bits per heavy atom. The zero-order chi connectivity index (χ0) is 12.7. The Kier molecular flexibility index (Phi) is 2.56. The Morgan fingerprint density at radius 3 is 3.06 bits per heavy atom. The smallest absolute Gasteiger partial charge is 0.356 e. The fourth-order valence-corrected chi connectivity index (χ4v) is 2.17. The molecule has 0 aromatic carbocycles. The molecule has 5 nitrogen and oxygen atoms in total. The number of nitrogens with zero attached hydrogens (tertiary/aromatic N) is 2. The SMILES string of the molecule is Cc1cccn2c(CNC3CC3)nc(C(=O)O)c12. The lowest BCUT2D eigenvalue weighted by atomic mass is 10.2. The molecule has 2 heterocycles. The molecular formula is C13H15N3O2. The van der Waals surface area contributed by atoms with Crippen molar-refractivity contribution < 1.29 is 9.90 Å². The summed E-state index contributed by atoms with van der Waals surface area (Å²) in [7, 11) is 0. The highest BCUT2D eigenvalue weighted by Gasteiger charge is 2.22. The normalized spacial score (nSPS) is 15.2. The zero-order valence-corrected chi connectivity index (χ0v) is 10.2. The summed E-state index contributed by atoms with van der Waals surface area (Å²) in [6, 6.07) is 4.40. The second-order valence-electron chi connectivity index (χ2n) is 4.75. The number of carboxylic acids is 1. The van der Waals surface area contributed by atoms with Crippen LogP contribution in [0.4, 0.5) is 0 Å². The molecule has 0 unspecified atom stereocenters. The molecule has 2 aromatic rings. The lowest BCUT2D eigenvalue weighted by Gasteiger charge is -2.03. The number of nitrogens with one attached hydrogen (secondary N) is 1. The number of hydrogen-bond acceptors (Lipinski definition) is 3. The highest BCUT2D eigenvalue weighted by molar-refractivity contribution is 5.94. The summed E-state index contributed by atoms with van der Waals surface area (Å²) < 4.78 is 1.87. The molecule has 0 saturated heterocycles. The van der Waals surface area contributed by atoms with Crippen LogP contribution in [-0.2, 0) is 6.54 Å². The summed E-state index contributed by atoms with van der Waals surface area (Å²) in [5.74, 6) is -0.211. The van der Waals surface area contributed by atoms with Gasteiger partial charge in [-0.15, -0.1) is 0 Å². The number of aromatic carboxylic acids is 1. The van der Waals surface area contributed by atoms with Crippen LogP contribution >= 0.6 is 0 Å². The van der Waals surface area contributed by atoms with E-state index in [4.69, 9.17) is 0 Å². The predicted octanol–water partition coefficient (Wildman–Crippen LogP) is 1.59. The van der Waals surface area contributed by atoms with Gasteiger partial charge in [-0.3, -0.25) is 0 Å². The van der Waals surface area contributed by atoms with E-state index >= 15 is 0 Å². The van der Waals surface area contributed by atoms with Crippen LogP contribution in [0.25, 0.3) is 5.52 Å². The largest absolute Gasteiger partial charge is 0.476 e. The van der Waals surface area contributed by atoms with Crippen molar-refractivity contribution in [3.8, 4) is 0 Å². The standard InChI is InChI=1S/C13H15N3O2/c1-8-3-2-6-16-10(7-14-9-4-5-9)15-11(12(8)16)13(17)18/h2-3,6,9,14H,4-5,7H2,1H3,(H,17,18). The molecule has 0 bridgehead atoms. The number of hydrogen-bond donors (Lipinski definition) is 2. The van der Waals surface area contributed by atoms with Crippen molar-refractivity contribution in [1.29, 1.82) is 0 Å². The average molecular weight is 245 g/mol. The van der Waals surface area contributed by atoms with Gasteiger partial charge in [-0.05, 0) is 31.4 Å². The van der Waals surface area contributed by atoms with Crippen molar-refractivity contribution in [1.82, 2.24) is 14.7 Å². The molecule has 0 radical (unpaired) electrons. The Balaban J connectivity index is 2.07. The van der Waals surface area contributed by atoms with Crippen molar-refractivity contribution >= 4 is 11.5 Å². The van der Waals surface area contributed by atoms with E-state index in [-0.39, 0.29) is 5.69 Å². The number of carbonyl (C=O) groups is 1. The minimum Gasteiger partial charge on any atom is -0.476 e. The van der Waals surface area contributed by atoms with Gasteiger partial charge in [-0.2, -0.15) is 0 Å². The number of fused-ring (bicyclic) bond motifs is 1. The third kappa shape index (κ3) is 1.86. The number of rotatable bonds is 4. The first-order valence-electron chi connectivity index (χ1n) is 6.10. The number of carboxylic acid groups (broad SMARTS) is 1. The number of pyridine rings is 1. The lowest BCUT2D eigenvalue weighted by Crippen LogP contribution is -2.17. The van der Waals surface area contributed by atoms with Crippen LogP contribution in [0.5, 0.6) is 0 Å². The highest BCUT2D eigenvalue weighted by Crippen LogP contribution is 2.21. The van der Waals surface area contributed by atoms with E-state index in [0.717, 1.165) is 11.4 Å². The zero-order valence-electron chi connectivity index (χ0n) is 10.2. The van der Waals surface area contributed by atoms with Gasteiger partial charge in [0, 0.05) is 12.2 Å². The summed E-state index contributed by atoms with van der Waals surface area (Å²) in [5, 5.41) is 12.6. The van der Waals surface area contributed by atoms with Gasteiger partial charge in [0.25, 0.3) is 0 Å². The van der Waals surface area contributed by atoms with Crippen molar-refractivity contribution in [3.05, 3.63) is 35.4 Å². The van der Waals surface area contributed by atoms with Gasteiger partial charge in [0.1, 0.15) is 5.82 Å². The molecule has 0 atom stereocenters. The highest BCUT2D eigenvalue weighted by atomic mass is 16.4. The molecule has 18 heavy (non-hydrogen) atoms. The van der Waals surface area contributed by atoms with Crippen molar-refractivity contribution in [2.24, 2.45) is 0 Å². The molecule has 1 aliphatic rings. The molecule has 1 saturated carbocycles. The fourth-order valence-electron chi connectivity index (χ4n) is 2.17. The molecule has 0 spiro atoms. The van der Waals surface area contributed by atoms with Gasteiger partial charge in [0.15, 0.2) is 5.69 Å². The topological polar surface area (TPSA) is 66.6 Å². The van der Waals surface area contributed by atoms with E-state index in [1.807, 2.05) is 29.7 Å². The summed E-state index contributed by atoms with van der Waals surface area (Å²) in [6.45, 7) is 2.52. The van der Waals surface area contributed by atoms with Crippen molar-refractivity contribution in [3.63, 3.8) is 0 Å². The predicted molar refractivity (Wildman–Crippen MR) is 66.8 cm³/mol. The molecule has 0 amide bonds. The van der Waals surface area contributed by atoms with Crippen LogP contribution < -0.4 is 5.32 Å². The van der Waals surface area contributed by atoms with Gasteiger partial charge in [0.05, 0.1) is 12.1 Å². The van der Waals surface area contributed by atoms with Crippen LogP contribution in [0.1, 0.15) is 34.7 Å². The number of imidazole rings is 1. The second-order valence-corrected chi connectivity index (χ2v) is 4.75. The summed E-state index contributed by atoms with van der Waals surface area (Å²) in [5.41, 5.74) is 1.76. The lowest BCUT2D eigenvalue weighted by molar-refractivity contribution is 0.0693. The van der Waals surface area contributed by atoms with E-state index in [1.165, 1.54) is 12.8 Å². The molecule has 94 valence electrons. The van der Waals surface area contributed by atoms with E-state index in [2.05, 4.69) is 10.3 Å². The Morgan fingerprint density at radius 2 is 2.39 bits per heavy atom. The molecule has 3 rings (SSSR count). The van der Waals surface area contributed by atoms with Crippen molar-refractivity contribution in [2.75, 3.05) is 0 Å². The van der Waals surface area contributed by atoms with E-state index in [0.29, 0.717) is 18.1 Å². The van der Waals surface area contributed by atoms with Crippen LogP contribution in [-0.4, -0.2) is 26.5 Å². The maximum Gasteiger partial charge on any atom is 0.356 e. The summed E-state index contributed by atoms with van der Waals surface area (Å²) in [4.78, 5) is 15.5. The summed E-state index contributed by atoms with van der Waals surface area (Å²) in [6.07, 6.45) is 4.27. The van der Waals surface area contributed by atoms with Gasteiger partial charge < -0.3 is 14.8 Å². The Hall–Kier alpha value is -1.88. The molecule has 1 aliphatic carbocycles. The second kappa shape index (κ2) is 4.10. The molecule has 0 aliphatic heterocycles. The summed E-state index contributed by atoms with van der Waals surface area (Å²) >= 11 is 0. The molecule has 2 aromatic heterocycles. The Bertz CT molecular complexity index is 614. The van der Waals surface area contributed by atoms with E-state index in [1.54, 1.807) is 0 Å². The first-order valence-corrected chi connectivity index (χ1v) is 6.10. The third-order valence-electron chi connectivity index (χ3n) is 3.27. The number of aryl methyl sites for hydroxylation is 1. The molecule has 2 N–H and O–H groups in total. The quantitative estimate of drug-likeness (QED) is 0.858. The van der Waals surface area contributed by atoms with Gasteiger partial charge in [0.2, 0.25) is 0 Å². The van der Waals surface area contributed by atoms with E-state index < -0.39 is 5.97 Å². The number of aromatic nitrogens is 2. The van der Waals surface area contributed by atoms with Crippen LogP contribution in [0, 0.1) is 6.92 Å². The average Bonchev–Trinajstić information content (AvgIpc) is 3.08. The van der Waals surface area contributed by atoms with Crippen LogP contribution in [0.3, 0.4) is 0 Å². The van der Waals surface area contributed by atoms with Crippen molar-refractivity contribution in [2.45, 2.75) is 32.4 Å². The maximum absolute atomic E-state index is 11.2. The first kappa shape index (κ1) is 11.2. The molecule has 5 heteroatoms. The molecular weight excluding hydrogens is 230 g/mol. The van der Waals surface area contributed by atoms with Gasteiger partial charge in [-0.1, -0.05) is 6.07 Å². The fraction of sp³-hybridized carbons (Fsp3) is 0.385. The van der Waals surface area contributed by atoms with Crippen LogP contribution in [0.2, 0.25) is 0 Å².